The van der Waals surface area contributed by atoms with E-state index in [9.17, 15) is 9.18 Å². The maximum Gasteiger partial charge on any atom is 0.233 e. The van der Waals surface area contributed by atoms with Gasteiger partial charge in [-0.05, 0) is 42.8 Å². The smallest absolute Gasteiger partial charge is 0.233 e. The van der Waals surface area contributed by atoms with E-state index in [0.29, 0.717) is 18.0 Å². The maximum absolute atomic E-state index is 12.9. The number of amides is 1. The van der Waals surface area contributed by atoms with E-state index < -0.39 is 0 Å². The average Bonchev–Trinajstić information content (AvgIpc) is 2.60. The molecule has 0 fully saturated rings. The fourth-order valence-corrected chi connectivity index (χ4v) is 3.00. The van der Waals surface area contributed by atoms with Crippen LogP contribution in [0.2, 0.25) is 0 Å². The quantitative estimate of drug-likeness (QED) is 0.776. The van der Waals surface area contributed by atoms with Crippen molar-refractivity contribution in [2.75, 3.05) is 14.2 Å². The molecule has 2 aromatic carbocycles. The largest absolute Gasteiger partial charge is 0.493 e. The molecule has 6 heteroatoms. The van der Waals surface area contributed by atoms with Crippen LogP contribution >= 0.6 is 11.8 Å². The third-order valence-electron chi connectivity index (χ3n) is 3.42. The lowest BCUT2D eigenvalue weighted by atomic mass is 10.2. The van der Waals surface area contributed by atoms with Gasteiger partial charge in [0.25, 0.3) is 0 Å². The number of carbonyl (C=O) groups is 1. The predicted octanol–water partition coefficient (Wildman–Crippen LogP) is 3.64. The molecule has 128 valence electrons. The average molecular weight is 349 g/mol. The Morgan fingerprint density at radius 1 is 1.12 bits per heavy atom. The summed E-state index contributed by atoms with van der Waals surface area (Å²) in [5, 5.41) is 2.58. The van der Waals surface area contributed by atoms with Crippen LogP contribution in [0.15, 0.2) is 47.4 Å². The fraction of sp³-hybridized carbons (Fsp3) is 0.278. The first-order valence-electron chi connectivity index (χ1n) is 7.44. The molecule has 0 heterocycles. The molecular formula is C18H20FNO3S. The van der Waals surface area contributed by atoms with Crippen LogP contribution < -0.4 is 14.8 Å². The number of thioether (sulfide) groups is 1. The second-order valence-electron chi connectivity index (χ2n) is 5.12. The topological polar surface area (TPSA) is 47.6 Å². The van der Waals surface area contributed by atoms with Crippen LogP contribution in [0.5, 0.6) is 11.5 Å². The van der Waals surface area contributed by atoms with E-state index in [4.69, 9.17) is 9.47 Å². The molecular weight excluding hydrogens is 329 g/mol. The van der Waals surface area contributed by atoms with Crippen molar-refractivity contribution in [1.29, 1.82) is 0 Å². The van der Waals surface area contributed by atoms with Crippen molar-refractivity contribution in [3.63, 3.8) is 0 Å². The Balaban J connectivity index is 1.92. The van der Waals surface area contributed by atoms with Gasteiger partial charge >= 0.3 is 0 Å². The lowest BCUT2D eigenvalue weighted by Crippen LogP contribution is -2.30. The molecule has 0 aromatic heterocycles. The van der Waals surface area contributed by atoms with E-state index in [1.165, 1.54) is 23.9 Å². The Morgan fingerprint density at radius 2 is 1.79 bits per heavy atom. The van der Waals surface area contributed by atoms with E-state index in [2.05, 4.69) is 5.32 Å². The Labute approximate surface area is 145 Å². The summed E-state index contributed by atoms with van der Waals surface area (Å²) in [5.41, 5.74) is 0.855. The van der Waals surface area contributed by atoms with Gasteiger partial charge in [-0.3, -0.25) is 4.79 Å². The highest BCUT2D eigenvalue weighted by Crippen LogP contribution is 2.33. The molecule has 0 bridgehead atoms. The van der Waals surface area contributed by atoms with Gasteiger partial charge in [-0.1, -0.05) is 12.1 Å². The number of hydrogen-bond acceptors (Lipinski definition) is 4. The van der Waals surface area contributed by atoms with Gasteiger partial charge in [0.05, 0.1) is 19.5 Å². The molecule has 4 nitrogen and oxygen atoms in total. The van der Waals surface area contributed by atoms with Crippen molar-refractivity contribution in [3.05, 3.63) is 53.8 Å². The van der Waals surface area contributed by atoms with Crippen molar-refractivity contribution in [3.8, 4) is 11.5 Å². The normalized spacial score (nSPS) is 11.7. The number of rotatable bonds is 7. The molecule has 1 N–H and O–H groups in total. The van der Waals surface area contributed by atoms with E-state index in [1.54, 1.807) is 26.4 Å². The molecule has 0 aliphatic heterocycles. The van der Waals surface area contributed by atoms with Crippen molar-refractivity contribution in [2.24, 2.45) is 0 Å². The Morgan fingerprint density at radius 3 is 2.42 bits per heavy atom. The third kappa shape index (κ3) is 4.89. The van der Waals surface area contributed by atoms with Crippen LogP contribution in [0.4, 0.5) is 4.39 Å². The van der Waals surface area contributed by atoms with Crippen molar-refractivity contribution < 1.29 is 18.7 Å². The van der Waals surface area contributed by atoms with Gasteiger partial charge in [-0.25, -0.2) is 4.39 Å². The molecule has 0 spiro atoms. The Kier molecular flexibility index (Phi) is 6.49. The lowest BCUT2D eigenvalue weighted by molar-refractivity contribution is -0.120. The summed E-state index contributed by atoms with van der Waals surface area (Å²) in [7, 11) is 3.15. The fourth-order valence-electron chi connectivity index (χ4n) is 2.08. The standard InChI is InChI=1S/C18H20FNO3S/c1-12(18(21)20-11-13-4-6-14(19)7-5-13)24-15-8-9-16(22-2)17(10-15)23-3/h4-10,12H,11H2,1-3H3,(H,20,21). The molecule has 1 atom stereocenters. The highest BCUT2D eigenvalue weighted by Gasteiger charge is 2.15. The molecule has 0 aliphatic rings. The molecule has 0 saturated carbocycles. The van der Waals surface area contributed by atoms with Gasteiger partial charge in [-0.15, -0.1) is 11.8 Å². The molecule has 1 amide bonds. The van der Waals surface area contributed by atoms with Crippen LogP contribution in [0.1, 0.15) is 12.5 Å². The molecule has 2 rings (SSSR count). The first kappa shape index (κ1) is 18.1. The molecule has 24 heavy (non-hydrogen) atoms. The van der Waals surface area contributed by atoms with Gasteiger partial charge in [0.15, 0.2) is 11.5 Å². The lowest BCUT2D eigenvalue weighted by Gasteiger charge is -2.14. The van der Waals surface area contributed by atoms with Gasteiger partial charge < -0.3 is 14.8 Å². The molecule has 2 aromatic rings. The first-order chi connectivity index (χ1) is 11.5. The summed E-state index contributed by atoms with van der Waals surface area (Å²) in [5.74, 6) is 0.901. The number of methoxy groups -OCH3 is 2. The Bertz CT molecular complexity index is 691. The number of hydrogen-bond donors (Lipinski definition) is 1. The zero-order chi connectivity index (χ0) is 17.5. The minimum absolute atomic E-state index is 0.0842. The zero-order valence-electron chi connectivity index (χ0n) is 13.8. The van der Waals surface area contributed by atoms with Gasteiger partial charge in [0, 0.05) is 11.4 Å². The van der Waals surface area contributed by atoms with Crippen LogP contribution in [0.3, 0.4) is 0 Å². The van der Waals surface area contributed by atoms with Gasteiger partial charge in [-0.2, -0.15) is 0 Å². The van der Waals surface area contributed by atoms with Gasteiger partial charge in [0.1, 0.15) is 5.82 Å². The first-order valence-corrected chi connectivity index (χ1v) is 8.32. The van der Waals surface area contributed by atoms with E-state index in [0.717, 1.165) is 10.5 Å². The number of nitrogens with one attached hydrogen (secondary N) is 1. The maximum atomic E-state index is 12.9. The molecule has 0 aliphatic carbocycles. The summed E-state index contributed by atoms with van der Waals surface area (Å²) in [4.78, 5) is 13.1. The van der Waals surface area contributed by atoms with E-state index in [-0.39, 0.29) is 17.0 Å². The number of halogens is 1. The Hall–Kier alpha value is -2.21. The third-order valence-corrected chi connectivity index (χ3v) is 4.51. The summed E-state index contributed by atoms with van der Waals surface area (Å²) in [6.07, 6.45) is 0. The second kappa shape index (κ2) is 8.59. The second-order valence-corrected chi connectivity index (χ2v) is 6.54. The zero-order valence-corrected chi connectivity index (χ0v) is 14.7. The van der Waals surface area contributed by atoms with Crippen molar-refractivity contribution in [1.82, 2.24) is 5.32 Å². The van der Waals surface area contributed by atoms with Crippen molar-refractivity contribution in [2.45, 2.75) is 23.6 Å². The van der Waals surface area contributed by atoms with Gasteiger partial charge in [0.2, 0.25) is 5.91 Å². The van der Waals surface area contributed by atoms with E-state index in [1.807, 2.05) is 25.1 Å². The molecule has 1 unspecified atom stereocenters. The minimum Gasteiger partial charge on any atom is -0.493 e. The highest BCUT2D eigenvalue weighted by molar-refractivity contribution is 8.00. The SMILES string of the molecule is COc1ccc(SC(C)C(=O)NCc2ccc(F)cc2)cc1OC. The predicted molar refractivity (Wildman–Crippen MR) is 93.1 cm³/mol. The summed E-state index contributed by atoms with van der Waals surface area (Å²) in [6.45, 7) is 2.21. The number of benzene rings is 2. The monoisotopic (exact) mass is 349 g/mol. The molecule has 0 radical (unpaired) electrons. The van der Waals surface area contributed by atoms with Crippen LogP contribution in [-0.2, 0) is 11.3 Å². The number of carbonyl (C=O) groups excluding carboxylic acids is 1. The van der Waals surface area contributed by atoms with Crippen LogP contribution in [0.25, 0.3) is 0 Å². The van der Waals surface area contributed by atoms with Crippen molar-refractivity contribution >= 4 is 17.7 Å². The van der Waals surface area contributed by atoms with Crippen LogP contribution in [0, 0.1) is 5.82 Å². The van der Waals surface area contributed by atoms with Crippen LogP contribution in [-0.4, -0.2) is 25.4 Å². The summed E-state index contributed by atoms with van der Waals surface area (Å²) in [6, 6.07) is 11.6. The summed E-state index contributed by atoms with van der Waals surface area (Å²) < 4.78 is 23.3. The highest BCUT2D eigenvalue weighted by atomic mass is 32.2. The minimum atomic E-state index is -0.289. The summed E-state index contributed by atoms with van der Waals surface area (Å²) >= 11 is 1.43. The number of ether oxygens (including phenoxy) is 2. The van der Waals surface area contributed by atoms with E-state index >= 15 is 0 Å². The molecule has 0 saturated heterocycles.